The minimum absolute atomic E-state index is 0.0759. The first kappa shape index (κ1) is 19.1. The summed E-state index contributed by atoms with van der Waals surface area (Å²) in [6.07, 6.45) is 1.27. The first-order chi connectivity index (χ1) is 13.0. The fraction of sp³-hybridized carbons (Fsp3) is 0.350. The van der Waals surface area contributed by atoms with Crippen LogP contribution in [-0.4, -0.2) is 31.4 Å². The van der Waals surface area contributed by atoms with Crippen LogP contribution < -0.4 is 10.2 Å². The molecule has 2 aromatic rings. The first-order valence-electron chi connectivity index (χ1n) is 8.87. The second-order valence-corrected chi connectivity index (χ2v) is 7.29. The molecule has 142 valence electrons. The Kier molecular flexibility index (Phi) is 5.91. The summed E-state index contributed by atoms with van der Waals surface area (Å²) in [5.74, 6) is -0.543. The van der Waals surface area contributed by atoms with Crippen LogP contribution in [0.3, 0.4) is 0 Å². The van der Waals surface area contributed by atoms with Gasteiger partial charge in [0.2, 0.25) is 5.91 Å². The SMILES string of the molecule is CCC(=O)N1CCc2cc(C(=O)NC(CC(=O)OC)c3cccs3)ccc21. The number of hydrogen-bond acceptors (Lipinski definition) is 5. The third kappa shape index (κ3) is 4.19. The topological polar surface area (TPSA) is 75.7 Å². The molecular formula is C20H22N2O4S. The molecule has 1 aliphatic rings. The summed E-state index contributed by atoms with van der Waals surface area (Å²) in [5, 5.41) is 4.83. The van der Waals surface area contributed by atoms with Crippen molar-refractivity contribution in [2.24, 2.45) is 0 Å². The maximum absolute atomic E-state index is 12.8. The number of anilines is 1. The molecule has 0 fully saturated rings. The number of esters is 1. The van der Waals surface area contributed by atoms with E-state index in [9.17, 15) is 14.4 Å². The van der Waals surface area contributed by atoms with Crippen molar-refractivity contribution in [1.29, 1.82) is 0 Å². The lowest BCUT2D eigenvalue weighted by Crippen LogP contribution is -2.30. The van der Waals surface area contributed by atoms with Gasteiger partial charge in [0.15, 0.2) is 0 Å². The van der Waals surface area contributed by atoms with Crippen molar-refractivity contribution in [3.05, 3.63) is 51.7 Å². The molecule has 0 saturated heterocycles. The number of nitrogens with one attached hydrogen (secondary N) is 1. The quantitative estimate of drug-likeness (QED) is 0.774. The van der Waals surface area contributed by atoms with Gasteiger partial charge in [-0.25, -0.2) is 0 Å². The van der Waals surface area contributed by atoms with Crippen LogP contribution >= 0.6 is 11.3 Å². The number of carbonyl (C=O) groups is 3. The van der Waals surface area contributed by atoms with Crippen LogP contribution in [0.2, 0.25) is 0 Å². The molecule has 27 heavy (non-hydrogen) atoms. The molecule has 0 radical (unpaired) electrons. The molecule has 2 heterocycles. The van der Waals surface area contributed by atoms with Crippen molar-refractivity contribution in [2.45, 2.75) is 32.2 Å². The Morgan fingerprint density at radius 1 is 1.30 bits per heavy atom. The summed E-state index contributed by atoms with van der Waals surface area (Å²) >= 11 is 1.48. The zero-order valence-electron chi connectivity index (χ0n) is 15.4. The smallest absolute Gasteiger partial charge is 0.307 e. The van der Waals surface area contributed by atoms with Crippen LogP contribution in [0.1, 0.15) is 46.6 Å². The standard InChI is InChI=1S/C20H22N2O4S/c1-3-18(23)22-9-8-13-11-14(6-7-16(13)22)20(25)21-15(12-19(24)26-2)17-5-4-10-27-17/h4-7,10-11,15H,3,8-9,12H2,1-2H3,(H,21,25). The minimum atomic E-state index is -0.434. The second-order valence-electron chi connectivity index (χ2n) is 6.31. The number of hydrogen-bond donors (Lipinski definition) is 1. The molecule has 0 spiro atoms. The number of benzene rings is 1. The summed E-state index contributed by atoms with van der Waals surface area (Å²) in [6.45, 7) is 2.49. The Morgan fingerprint density at radius 3 is 2.78 bits per heavy atom. The van der Waals surface area contributed by atoms with Gasteiger partial charge in [-0.05, 0) is 41.6 Å². The molecule has 1 unspecified atom stereocenters. The maximum atomic E-state index is 12.8. The zero-order chi connectivity index (χ0) is 19.4. The molecule has 1 aromatic carbocycles. The third-order valence-corrected chi connectivity index (χ3v) is 5.62. The second kappa shape index (κ2) is 8.35. The van der Waals surface area contributed by atoms with Crippen LogP contribution in [-0.2, 0) is 20.7 Å². The van der Waals surface area contributed by atoms with E-state index in [0.717, 1.165) is 22.5 Å². The Bertz CT molecular complexity index is 848. The Labute approximate surface area is 162 Å². The fourth-order valence-corrected chi connectivity index (χ4v) is 3.97. The summed E-state index contributed by atoms with van der Waals surface area (Å²) in [5.41, 5.74) is 2.39. The van der Waals surface area contributed by atoms with Crippen LogP contribution in [0, 0.1) is 0 Å². The minimum Gasteiger partial charge on any atom is -0.469 e. The van der Waals surface area contributed by atoms with E-state index in [0.29, 0.717) is 18.5 Å². The van der Waals surface area contributed by atoms with Crippen molar-refractivity contribution in [1.82, 2.24) is 5.32 Å². The number of carbonyl (C=O) groups excluding carboxylic acids is 3. The number of rotatable bonds is 6. The summed E-state index contributed by atoms with van der Waals surface area (Å²) in [7, 11) is 1.33. The molecule has 1 aromatic heterocycles. The van der Waals surface area contributed by atoms with Crippen LogP contribution in [0.5, 0.6) is 0 Å². The van der Waals surface area contributed by atoms with E-state index in [4.69, 9.17) is 4.74 Å². The largest absolute Gasteiger partial charge is 0.469 e. The number of fused-ring (bicyclic) bond motifs is 1. The van der Waals surface area contributed by atoms with Crippen molar-refractivity contribution >= 4 is 34.8 Å². The van der Waals surface area contributed by atoms with E-state index >= 15 is 0 Å². The fourth-order valence-electron chi connectivity index (χ4n) is 3.20. The van der Waals surface area contributed by atoms with Gasteiger partial charge in [-0.2, -0.15) is 0 Å². The molecule has 1 N–H and O–H groups in total. The van der Waals surface area contributed by atoms with E-state index in [1.165, 1.54) is 18.4 Å². The predicted molar refractivity (Wildman–Crippen MR) is 104 cm³/mol. The molecule has 0 saturated carbocycles. The highest BCUT2D eigenvalue weighted by Gasteiger charge is 2.25. The molecule has 7 heteroatoms. The number of ether oxygens (including phenoxy) is 1. The van der Waals surface area contributed by atoms with Crippen molar-refractivity contribution in [2.75, 3.05) is 18.6 Å². The lowest BCUT2D eigenvalue weighted by Gasteiger charge is -2.18. The van der Waals surface area contributed by atoms with Crippen molar-refractivity contribution in [3.63, 3.8) is 0 Å². The van der Waals surface area contributed by atoms with Gasteiger partial charge in [-0.15, -0.1) is 11.3 Å². The normalized spacial score (nSPS) is 13.8. The average molecular weight is 386 g/mol. The van der Waals surface area contributed by atoms with Crippen LogP contribution in [0.15, 0.2) is 35.7 Å². The van der Waals surface area contributed by atoms with Gasteiger partial charge in [0, 0.05) is 29.1 Å². The highest BCUT2D eigenvalue weighted by Crippen LogP contribution is 2.30. The Hall–Kier alpha value is -2.67. The third-order valence-electron chi connectivity index (χ3n) is 4.63. The molecule has 1 atom stereocenters. The summed E-state index contributed by atoms with van der Waals surface area (Å²) in [6, 6.07) is 8.71. The lowest BCUT2D eigenvalue weighted by atomic mass is 10.1. The summed E-state index contributed by atoms with van der Waals surface area (Å²) < 4.78 is 4.75. The highest BCUT2D eigenvalue weighted by atomic mass is 32.1. The van der Waals surface area contributed by atoms with Gasteiger partial charge in [0.25, 0.3) is 5.91 Å². The molecule has 0 bridgehead atoms. The van der Waals surface area contributed by atoms with E-state index in [1.807, 2.05) is 36.6 Å². The van der Waals surface area contributed by atoms with E-state index in [1.54, 1.807) is 11.0 Å². The number of nitrogens with zero attached hydrogens (tertiary/aromatic N) is 1. The van der Waals surface area contributed by atoms with Gasteiger partial charge in [0.05, 0.1) is 19.6 Å². The first-order valence-corrected chi connectivity index (χ1v) is 9.75. The molecule has 0 aliphatic carbocycles. The highest BCUT2D eigenvalue weighted by molar-refractivity contribution is 7.10. The van der Waals surface area contributed by atoms with Crippen LogP contribution in [0.4, 0.5) is 5.69 Å². The van der Waals surface area contributed by atoms with E-state index in [-0.39, 0.29) is 24.2 Å². The van der Waals surface area contributed by atoms with Gasteiger partial charge in [-0.3, -0.25) is 14.4 Å². The predicted octanol–water partition coefficient (Wildman–Crippen LogP) is 3.08. The van der Waals surface area contributed by atoms with Crippen LogP contribution in [0.25, 0.3) is 0 Å². The molecule has 2 amide bonds. The number of thiophene rings is 1. The van der Waals surface area contributed by atoms with E-state index in [2.05, 4.69) is 5.32 Å². The van der Waals surface area contributed by atoms with Gasteiger partial charge in [-0.1, -0.05) is 13.0 Å². The van der Waals surface area contributed by atoms with Gasteiger partial charge >= 0.3 is 5.97 Å². The van der Waals surface area contributed by atoms with Gasteiger partial charge in [0.1, 0.15) is 0 Å². The summed E-state index contributed by atoms with van der Waals surface area (Å²) in [4.78, 5) is 39.1. The molecule has 3 rings (SSSR count). The zero-order valence-corrected chi connectivity index (χ0v) is 16.2. The lowest BCUT2D eigenvalue weighted by molar-refractivity contribution is -0.141. The number of methoxy groups -OCH3 is 1. The van der Waals surface area contributed by atoms with E-state index < -0.39 is 6.04 Å². The van der Waals surface area contributed by atoms with Gasteiger partial charge < -0.3 is 15.0 Å². The van der Waals surface area contributed by atoms with Crippen molar-refractivity contribution < 1.29 is 19.1 Å². The number of amides is 2. The molecule has 6 nitrogen and oxygen atoms in total. The average Bonchev–Trinajstić information content (AvgIpc) is 3.35. The monoisotopic (exact) mass is 386 g/mol. The maximum Gasteiger partial charge on any atom is 0.307 e. The Morgan fingerprint density at radius 2 is 2.11 bits per heavy atom. The molecule has 1 aliphatic heterocycles. The molecular weight excluding hydrogens is 364 g/mol. The Balaban J connectivity index is 1.77. The van der Waals surface area contributed by atoms with Crippen molar-refractivity contribution in [3.8, 4) is 0 Å².